The highest BCUT2D eigenvalue weighted by atomic mass is 79.9. The smallest absolute Gasteiger partial charge is 0.0446 e. The molecule has 2 atom stereocenters. The Hall–Kier alpha value is -0.580. The molecule has 1 fully saturated rings. The van der Waals surface area contributed by atoms with Crippen molar-refractivity contribution in [1.29, 1.82) is 0 Å². The van der Waals surface area contributed by atoms with Gasteiger partial charge < -0.3 is 10.0 Å². The number of benzene rings is 1. The third-order valence-electron chi connectivity index (χ3n) is 3.82. The molecule has 1 aliphatic heterocycles. The lowest BCUT2D eigenvalue weighted by molar-refractivity contribution is 0.128. The molecule has 1 aromatic rings. The van der Waals surface area contributed by atoms with Gasteiger partial charge in [-0.3, -0.25) is 4.90 Å². The molecule has 3 nitrogen and oxygen atoms in total. The van der Waals surface area contributed by atoms with Gasteiger partial charge in [-0.05, 0) is 38.6 Å². The van der Waals surface area contributed by atoms with Crippen LogP contribution in [0, 0.1) is 0 Å². The zero-order valence-corrected chi connectivity index (χ0v) is 12.6. The first-order valence-electron chi connectivity index (χ1n) is 6.45. The van der Waals surface area contributed by atoms with Gasteiger partial charge in [0.25, 0.3) is 0 Å². The molecule has 0 saturated carbocycles. The van der Waals surface area contributed by atoms with Crippen LogP contribution in [0.5, 0.6) is 0 Å². The van der Waals surface area contributed by atoms with E-state index >= 15 is 0 Å². The number of likely N-dealkylation sites (N-methyl/N-ethyl adjacent to an activating group) is 1. The summed E-state index contributed by atoms with van der Waals surface area (Å²) in [4.78, 5) is 4.79. The topological polar surface area (TPSA) is 26.7 Å². The summed E-state index contributed by atoms with van der Waals surface area (Å²) in [5.41, 5.74) is 1.26. The largest absolute Gasteiger partial charge is 0.396 e. The van der Waals surface area contributed by atoms with Gasteiger partial charge in [-0.1, -0.05) is 22.0 Å². The van der Waals surface area contributed by atoms with Crippen LogP contribution in [0.25, 0.3) is 0 Å². The first-order valence-corrected chi connectivity index (χ1v) is 7.24. The summed E-state index contributed by atoms with van der Waals surface area (Å²) >= 11 is 3.52. The summed E-state index contributed by atoms with van der Waals surface area (Å²) in [6.45, 7) is 4.52. The maximum atomic E-state index is 9.17. The number of halogens is 1. The van der Waals surface area contributed by atoms with Gasteiger partial charge in [0.15, 0.2) is 0 Å². The maximum Gasteiger partial charge on any atom is 0.0446 e. The molecule has 0 aromatic heterocycles. The van der Waals surface area contributed by atoms with E-state index in [1.165, 1.54) is 5.69 Å². The molecule has 100 valence electrons. The van der Waals surface area contributed by atoms with Crippen LogP contribution in [-0.2, 0) is 0 Å². The number of hydrogen-bond donors (Lipinski definition) is 1. The number of aliphatic hydroxyl groups is 1. The van der Waals surface area contributed by atoms with Crippen molar-refractivity contribution in [1.82, 2.24) is 4.90 Å². The van der Waals surface area contributed by atoms with E-state index in [0.717, 1.165) is 24.0 Å². The van der Waals surface area contributed by atoms with Gasteiger partial charge in [0.2, 0.25) is 0 Å². The molecule has 18 heavy (non-hydrogen) atoms. The molecule has 0 bridgehead atoms. The van der Waals surface area contributed by atoms with Crippen molar-refractivity contribution in [2.24, 2.45) is 0 Å². The second kappa shape index (κ2) is 6.04. The van der Waals surface area contributed by atoms with E-state index in [-0.39, 0.29) is 6.61 Å². The summed E-state index contributed by atoms with van der Waals surface area (Å²) in [7, 11) is 2.16. The highest BCUT2D eigenvalue weighted by molar-refractivity contribution is 9.10. The molecule has 1 aliphatic rings. The van der Waals surface area contributed by atoms with Crippen molar-refractivity contribution in [3.05, 3.63) is 28.7 Å². The van der Waals surface area contributed by atoms with Crippen molar-refractivity contribution in [3.63, 3.8) is 0 Å². The molecule has 1 heterocycles. The highest BCUT2D eigenvalue weighted by Gasteiger charge is 2.29. The first-order chi connectivity index (χ1) is 8.61. The van der Waals surface area contributed by atoms with Crippen LogP contribution in [0.4, 0.5) is 5.69 Å². The number of anilines is 1. The van der Waals surface area contributed by atoms with Gasteiger partial charge in [0.1, 0.15) is 0 Å². The van der Waals surface area contributed by atoms with Crippen LogP contribution in [0.1, 0.15) is 13.3 Å². The predicted octanol–water partition coefficient (Wildman–Crippen LogP) is 2.34. The second-order valence-electron chi connectivity index (χ2n) is 5.07. The lowest BCUT2D eigenvalue weighted by Crippen LogP contribution is -2.56. The molecule has 1 saturated heterocycles. The molecule has 2 rings (SSSR count). The fourth-order valence-electron chi connectivity index (χ4n) is 2.59. The highest BCUT2D eigenvalue weighted by Crippen LogP contribution is 2.25. The maximum absolute atomic E-state index is 9.17. The van der Waals surface area contributed by atoms with Gasteiger partial charge >= 0.3 is 0 Å². The lowest BCUT2D eigenvalue weighted by atomic mass is 10.0. The van der Waals surface area contributed by atoms with Crippen molar-refractivity contribution in [3.8, 4) is 0 Å². The average Bonchev–Trinajstić information content (AvgIpc) is 2.35. The molecule has 2 unspecified atom stereocenters. The first kappa shape index (κ1) is 13.8. The zero-order chi connectivity index (χ0) is 13.1. The van der Waals surface area contributed by atoms with Crippen LogP contribution >= 0.6 is 15.9 Å². The van der Waals surface area contributed by atoms with E-state index in [1.807, 2.05) is 6.07 Å². The van der Waals surface area contributed by atoms with E-state index in [1.54, 1.807) is 0 Å². The van der Waals surface area contributed by atoms with Gasteiger partial charge in [-0.2, -0.15) is 0 Å². The Balaban J connectivity index is 2.14. The van der Waals surface area contributed by atoms with Crippen molar-refractivity contribution in [2.75, 3.05) is 31.6 Å². The molecule has 0 aliphatic carbocycles. The minimum atomic E-state index is 0.258. The fourth-order valence-corrected chi connectivity index (χ4v) is 2.98. The molecular weight excluding hydrogens is 292 g/mol. The van der Waals surface area contributed by atoms with E-state index in [9.17, 15) is 5.11 Å². The summed E-state index contributed by atoms with van der Waals surface area (Å²) in [6, 6.07) is 9.37. The molecule has 0 radical (unpaired) electrons. The Morgan fingerprint density at radius 1 is 1.39 bits per heavy atom. The van der Waals surface area contributed by atoms with Crippen molar-refractivity contribution >= 4 is 21.6 Å². The second-order valence-corrected chi connectivity index (χ2v) is 5.98. The van der Waals surface area contributed by atoms with Crippen LogP contribution < -0.4 is 4.90 Å². The number of rotatable bonds is 3. The van der Waals surface area contributed by atoms with Crippen LogP contribution in [0.15, 0.2) is 28.7 Å². The Kier molecular flexibility index (Phi) is 4.65. The number of piperazine rings is 1. The number of aliphatic hydroxyl groups excluding tert-OH is 1. The summed E-state index contributed by atoms with van der Waals surface area (Å²) in [5.74, 6) is 0. The number of hydrogen-bond acceptors (Lipinski definition) is 3. The van der Waals surface area contributed by atoms with E-state index in [4.69, 9.17) is 0 Å². The normalized spacial score (nSPS) is 25.4. The monoisotopic (exact) mass is 312 g/mol. The van der Waals surface area contributed by atoms with Gasteiger partial charge in [-0.15, -0.1) is 0 Å². The minimum absolute atomic E-state index is 0.258. The molecule has 0 spiro atoms. The minimum Gasteiger partial charge on any atom is -0.396 e. The van der Waals surface area contributed by atoms with Crippen LogP contribution in [-0.4, -0.2) is 48.8 Å². The standard InChI is InChI=1S/C14H21BrN2O/c1-11-9-17(10-14(6-7-18)16(11)2)13-5-3-4-12(15)8-13/h3-5,8,11,14,18H,6-7,9-10H2,1-2H3. The van der Waals surface area contributed by atoms with E-state index in [0.29, 0.717) is 12.1 Å². The number of nitrogens with zero attached hydrogens (tertiary/aromatic N) is 2. The van der Waals surface area contributed by atoms with Crippen LogP contribution in [0.2, 0.25) is 0 Å². The van der Waals surface area contributed by atoms with Crippen molar-refractivity contribution in [2.45, 2.75) is 25.4 Å². The zero-order valence-electron chi connectivity index (χ0n) is 11.0. The SMILES string of the molecule is CC1CN(c2cccc(Br)c2)CC(CCO)N1C. The Morgan fingerprint density at radius 2 is 2.17 bits per heavy atom. The van der Waals surface area contributed by atoms with E-state index < -0.39 is 0 Å². The van der Waals surface area contributed by atoms with E-state index in [2.05, 4.69) is 57.9 Å². The summed E-state index contributed by atoms with van der Waals surface area (Å²) < 4.78 is 1.12. The third kappa shape index (κ3) is 3.05. The molecule has 4 heteroatoms. The predicted molar refractivity (Wildman–Crippen MR) is 79.1 cm³/mol. The van der Waals surface area contributed by atoms with Crippen molar-refractivity contribution < 1.29 is 5.11 Å². The third-order valence-corrected chi connectivity index (χ3v) is 4.32. The summed E-state index contributed by atoms with van der Waals surface area (Å²) in [6.07, 6.45) is 0.839. The molecule has 1 N–H and O–H groups in total. The quantitative estimate of drug-likeness (QED) is 0.928. The Labute approximate surface area is 118 Å². The van der Waals surface area contributed by atoms with Gasteiger partial charge in [-0.25, -0.2) is 0 Å². The fraction of sp³-hybridized carbons (Fsp3) is 0.571. The van der Waals surface area contributed by atoms with Gasteiger partial charge in [0, 0.05) is 41.9 Å². The Morgan fingerprint density at radius 3 is 2.83 bits per heavy atom. The molecule has 1 aromatic carbocycles. The average molecular weight is 313 g/mol. The van der Waals surface area contributed by atoms with Crippen LogP contribution in [0.3, 0.4) is 0 Å². The van der Waals surface area contributed by atoms with Gasteiger partial charge in [0.05, 0.1) is 0 Å². The lowest BCUT2D eigenvalue weighted by Gasteiger charge is -2.44. The molecule has 0 amide bonds. The Bertz CT molecular complexity index is 399. The molecular formula is C14H21BrN2O. The summed E-state index contributed by atoms with van der Waals surface area (Å²) in [5, 5.41) is 9.17.